The molecule has 0 fully saturated rings. The molecule has 0 atom stereocenters. The number of sulfone groups is 1. The first kappa shape index (κ1) is 17.1. The Morgan fingerprint density at radius 2 is 1.80 bits per heavy atom. The number of fused-ring (bicyclic) bond motifs is 1. The summed E-state index contributed by atoms with van der Waals surface area (Å²) in [7, 11) is -3.26. The zero-order valence-corrected chi connectivity index (χ0v) is 14.2. The van der Waals surface area contributed by atoms with Crippen molar-refractivity contribution in [1.29, 1.82) is 0 Å². The molecule has 0 unspecified atom stereocenters. The minimum atomic E-state index is -3.26. The van der Waals surface area contributed by atoms with Gasteiger partial charge in [-0.2, -0.15) is 0 Å². The van der Waals surface area contributed by atoms with Crippen molar-refractivity contribution < 1.29 is 22.7 Å². The molecule has 6 heteroatoms. The van der Waals surface area contributed by atoms with Gasteiger partial charge in [0.05, 0.1) is 11.3 Å². The van der Waals surface area contributed by atoms with Crippen LogP contribution in [0.25, 0.3) is 17.2 Å². The third-order valence-corrected chi connectivity index (χ3v) is 5.07. The number of allylic oxidation sites excluding steroid dienone is 2. The summed E-state index contributed by atoms with van der Waals surface area (Å²) in [5.74, 6) is -1.41. The number of hydrogen-bond acceptors (Lipinski definition) is 3. The molecule has 1 N–H and O–H groups in total. The molecule has 0 bridgehead atoms. The third-order valence-electron chi connectivity index (χ3n) is 3.94. The van der Waals surface area contributed by atoms with Crippen LogP contribution in [-0.4, -0.2) is 25.7 Å². The van der Waals surface area contributed by atoms with E-state index in [1.54, 1.807) is 24.3 Å². The van der Waals surface area contributed by atoms with Crippen LogP contribution in [0.4, 0.5) is 4.39 Å². The van der Waals surface area contributed by atoms with Gasteiger partial charge in [0.1, 0.15) is 5.82 Å². The van der Waals surface area contributed by atoms with Crippen molar-refractivity contribution in [1.82, 2.24) is 0 Å². The predicted octanol–water partition coefficient (Wildman–Crippen LogP) is 3.64. The first-order chi connectivity index (χ1) is 11.7. The van der Waals surface area contributed by atoms with E-state index in [9.17, 15) is 17.6 Å². The average Bonchev–Trinajstić information content (AvgIpc) is 2.83. The standard InChI is InChI=1S/C19H15FO4S/c1-25(23,24)16-5-2-12(3-6-16)8-13-9-14(10-19(21)22)18-11-15(20)4-7-17(13)18/h2-9,11H,10H2,1H3,(H,21,22). The topological polar surface area (TPSA) is 71.4 Å². The molecule has 0 amide bonds. The van der Waals surface area contributed by atoms with Gasteiger partial charge in [-0.15, -0.1) is 0 Å². The second-order valence-electron chi connectivity index (χ2n) is 5.87. The van der Waals surface area contributed by atoms with Gasteiger partial charge in [-0.05, 0) is 64.3 Å². The summed E-state index contributed by atoms with van der Waals surface area (Å²) in [5, 5.41) is 9.04. The minimum Gasteiger partial charge on any atom is -0.481 e. The lowest BCUT2D eigenvalue weighted by Crippen LogP contribution is -1.96. The molecule has 0 radical (unpaired) electrons. The summed E-state index contributed by atoms with van der Waals surface area (Å²) in [6.07, 6.45) is 4.49. The highest BCUT2D eigenvalue weighted by Gasteiger charge is 2.20. The smallest absolute Gasteiger partial charge is 0.307 e. The molecular weight excluding hydrogens is 343 g/mol. The molecule has 0 saturated heterocycles. The predicted molar refractivity (Wildman–Crippen MR) is 94.1 cm³/mol. The van der Waals surface area contributed by atoms with E-state index in [-0.39, 0.29) is 11.3 Å². The molecule has 0 aromatic heterocycles. The molecule has 3 rings (SSSR count). The van der Waals surface area contributed by atoms with Crippen molar-refractivity contribution in [3.05, 3.63) is 71.0 Å². The maximum Gasteiger partial charge on any atom is 0.307 e. The van der Waals surface area contributed by atoms with E-state index in [0.29, 0.717) is 11.1 Å². The van der Waals surface area contributed by atoms with Crippen molar-refractivity contribution in [3.63, 3.8) is 0 Å². The highest BCUT2D eigenvalue weighted by atomic mass is 32.2. The van der Waals surface area contributed by atoms with Crippen molar-refractivity contribution in [2.45, 2.75) is 11.3 Å². The monoisotopic (exact) mass is 358 g/mol. The lowest BCUT2D eigenvalue weighted by Gasteiger charge is -2.04. The van der Waals surface area contributed by atoms with Crippen LogP contribution >= 0.6 is 0 Å². The van der Waals surface area contributed by atoms with Gasteiger partial charge in [0, 0.05) is 6.26 Å². The Labute approximate surface area is 144 Å². The molecule has 0 saturated carbocycles. The van der Waals surface area contributed by atoms with Crippen molar-refractivity contribution >= 4 is 33.0 Å². The normalized spacial score (nSPS) is 15.1. The maximum atomic E-state index is 13.5. The molecule has 1 aliphatic carbocycles. The average molecular weight is 358 g/mol. The number of benzene rings is 2. The Morgan fingerprint density at radius 1 is 1.12 bits per heavy atom. The summed E-state index contributed by atoms with van der Waals surface area (Å²) in [5.41, 5.74) is 3.40. The molecule has 1 aliphatic rings. The fourth-order valence-electron chi connectivity index (χ4n) is 2.80. The minimum absolute atomic E-state index is 0.194. The summed E-state index contributed by atoms with van der Waals surface area (Å²) in [6.45, 7) is 0. The Hall–Kier alpha value is -2.73. The lowest BCUT2D eigenvalue weighted by atomic mass is 10.0. The van der Waals surface area contributed by atoms with Crippen LogP contribution in [0, 0.1) is 5.82 Å². The molecule has 0 heterocycles. The van der Waals surface area contributed by atoms with E-state index >= 15 is 0 Å². The second-order valence-corrected chi connectivity index (χ2v) is 7.89. The Balaban J connectivity index is 2.03. The van der Waals surface area contributed by atoms with Crippen molar-refractivity contribution in [3.8, 4) is 0 Å². The van der Waals surface area contributed by atoms with Gasteiger partial charge in [-0.3, -0.25) is 4.79 Å². The van der Waals surface area contributed by atoms with E-state index < -0.39 is 21.6 Å². The van der Waals surface area contributed by atoms with Crippen molar-refractivity contribution in [2.24, 2.45) is 0 Å². The van der Waals surface area contributed by atoms with Crippen LogP contribution in [0.5, 0.6) is 0 Å². The molecule has 25 heavy (non-hydrogen) atoms. The zero-order chi connectivity index (χ0) is 18.2. The van der Waals surface area contributed by atoms with Crippen LogP contribution < -0.4 is 0 Å². The lowest BCUT2D eigenvalue weighted by molar-refractivity contribution is -0.135. The molecule has 2 aromatic rings. The Kier molecular flexibility index (Phi) is 4.30. The van der Waals surface area contributed by atoms with E-state index in [2.05, 4.69) is 0 Å². The van der Waals surface area contributed by atoms with E-state index in [4.69, 9.17) is 5.11 Å². The number of carboxylic acids is 1. The SMILES string of the molecule is CS(=O)(=O)c1ccc(C=C2C=C(CC(=O)O)c3cc(F)ccc32)cc1. The summed E-state index contributed by atoms with van der Waals surface area (Å²) in [6, 6.07) is 10.7. The van der Waals surface area contributed by atoms with E-state index in [1.807, 2.05) is 6.08 Å². The largest absolute Gasteiger partial charge is 0.481 e. The first-order valence-corrected chi connectivity index (χ1v) is 9.38. The van der Waals surface area contributed by atoms with Gasteiger partial charge >= 0.3 is 5.97 Å². The number of halogens is 1. The fraction of sp³-hybridized carbons (Fsp3) is 0.105. The van der Waals surface area contributed by atoms with Gasteiger partial charge in [0.2, 0.25) is 0 Å². The highest BCUT2D eigenvalue weighted by molar-refractivity contribution is 7.90. The number of hydrogen-bond donors (Lipinski definition) is 1. The van der Waals surface area contributed by atoms with Gasteiger partial charge in [0.15, 0.2) is 9.84 Å². The molecule has 0 spiro atoms. The van der Waals surface area contributed by atoms with Crippen LogP contribution in [0.2, 0.25) is 0 Å². The summed E-state index contributed by atoms with van der Waals surface area (Å²) >= 11 is 0. The van der Waals surface area contributed by atoms with E-state index in [1.165, 1.54) is 24.3 Å². The second kappa shape index (κ2) is 6.29. The Bertz CT molecular complexity index is 1020. The van der Waals surface area contributed by atoms with Crippen LogP contribution in [0.15, 0.2) is 53.4 Å². The molecule has 2 aromatic carbocycles. The highest BCUT2D eigenvalue weighted by Crippen LogP contribution is 2.38. The zero-order valence-electron chi connectivity index (χ0n) is 13.4. The van der Waals surface area contributed by atoms with Crippen LogP contribution in [0.3, 0.4) is 0 Å². The van der Waals surface area contributed by atoms with Crippen LogP contribution in [0.1, 0.15) is 23.1 Å². The maximum absolute atomic E-state index is 13.5. The number of carbonyl (C=O) groups is 1. The first-order valence-electron chi connectivity index (χ1n) is 7.48. The quantitative estimate of drug-likeness (QED) is 0.906. The molecule has 4 nitrogen and oxygen atoms in total. The molecule has 0 aliphatic heterocycles. The Morgan fingerprint density at radius 3 is 2.40 bits per heavy atom. The number of carboxylic acid groups (broad SMARTS) is 1. The van der Waals surface area contributed by atoms with Gasteiger partial charge in [-0.25, -0.2) is 12.8 Å². The van der Waals surface area contributed by atoms with Gasteiger partial charge in [-0.1, -0.05) is 18.2 Å². The van der Waals surface area contributed by atoms with Gasteiger partial charge < -0.3 is 5.11 Å². The number of aliphatic carboxylic acids is 1. The van der Waals surface area contributed by atoms with E-state index in [0.717, 1.165) is 23.0 Å². The molecular formula is C19H15FO4S. The number of rotatable bonds is 4. The summed E-state index contributed by atoms with van der Waals surface area (Å²) < 4.78 is 36.6. The molecule has 128 valence electrons. The third kappa shape index (κ3) is 3.69. The van der Waals surface area contributed by atoms with Crippen molar-refractivity contribution in [2.75, 3.05) is 6.26 Å². The van der Waals surface area contributed by atoms with Gasteiger partial charge in [0.25, 0.3) is 0 Å². The van der Waals surface area contributed by atoms with Crippen LogP contribution in [-0.2, 0) is 14.6 Å². The summed E-state index contributed by atoms with van der Waals surface area (Å²) in [4.78, 5) is 11.3. The fourth-order valence-corrected chi connectivity index (χ4v) is 3.43.